The maximum absolute atomic E-state index is 5.66. The van der Waals surface area contributed by atoms with E-state index in [1.165, 1.54) is 17.5 Å². The van der Waals surface area contributed by atoms with Gasteiger partial charge in [-0.2, -0.15) is 0 Å². The van der Waals surface area contributed by atoms with Gasteiger partial charge in [-0.1, -0.05) is 36.4 Å². The van der Waals surface area contributed by atoms with Gasteiger partial charge in [-0.25, -0.2) is 0 Å². The fraction of sp³-hybridized carbons (Fsp3) is 0.333. The van der Waals surface area contributed by atoms with Gasteiger partial charge in [0.05, 0.1) is 0 Å². The van der Waals surface area contributed by atoms with Crippen LogP contribution >= 0.6 is 12.4 Å². The Morgan fingerprint density at radius 1 is 1.29 bits per heavy atom. The number of fused-ring (bicyclic) bond motifs is 1. The lowest BCUT2D eigenvalue weighted by Crippen LogP contribution is -2.11. The molecule has 0 heterocycles. The summed E-state index contributed by atoms with van der Waals surface area (Å²) in [4.78, 5) is 0. The minimum Gasteiger partial charge on any atom is -0.330 e. The number of aryl methyl sites for hydroxylation is 1. The van der Waals surface area contributed by atoms with Gasteiger partial charge in [0, 0.05) is 0 Å². The predicted molar refractivity (Wildman–Crippen MR) is 63.6 cm³/mol. The molecule has 1 unspecified atom stereocenters. The lowest BCUT2D eigenvalue weighted by molar-refractivity contribution is 0.607. The fourth-order valence-corrected chi connectivity index (χ4v) is 1.80. The molecular weight excluding hydrogens is 194 g/mol. The lowest BCUT2D eigenvalue weighted by Gasteiger charge is -2.06. The average Bonchev–Trinajstić information content (AvgIpc) is 2.39. The molecule has 76 valence electrons. The third-order valence-corrected chi connectivity index (χ3v) is 2.69. The van der Waals surface area contributed by atoms with E-state index in [9.17, 15) is 0 Å². The number of hydrogen-bond acceptors (Lipinski definition) is 1. The highest BCUT2D eigenvalue weighted by atomic mass is 35.5. The van der Waals surface area contributed by atoms with Crippen molar-refractivity contribution in [2.24, 2.45) is 11.7 Å². The molecule has 0 radical (unpaired) electrons. The smallest absolute Gasteiger partial charge is 0.00139 e. The van der Waals surface area contributed by atoms with E-state index in [1.54, 1.807) is 0 Å². The molecule has 0 saturated heterocycles. The molecule has 14 heavy (non-hydrogen) atoms. The third-order valence-electron chi connectivity index (χ3n) is 2.69. The summed E-state index contributed by atoms with van der Waals surface area (Å²) in [6.07, 6.45) is 6.79. The molecule has 0 aromatic heterocycles. The van der Waals surface area contributed by atoms with Crippen molar-refractivity contribution >= 4 is 18.5 Å². The van der Waals surface area contributed by atoms with E-state index in [4.69, 9.17) is 5.73 Å². The van der Waals surface area contributed by atoms with Gasteiger partial charge >= 0.3 is 0 Å². The first-order chi connectivity index (χ1) is 6.40. The van der Waals surface area contributed by atoms with Crippen molar-refractivity contribution in [3.63, 3.8) is 0 Å². The Kier molecular flexibility index (Phi) is 4.18. The summed E-state index contributed by atoms with van der Waals surface area (Å²) in [5, 5.41) is 0. The van der Waals surface area contributed by atoms with Crippen LogP contribution in [0.4, 0.5) is 0 Å². The number of benzene rings is 1. The van der Waals surface area contributed by atoms with Crippen LogP contribution in [0.3, 0.4) is 0 Å². The minimum atomic E-state index is 0. The Hall–Kier alpha value is -0.790. The SMILES string of the molecule is Cl.NCC1C=Cc2ccccc2CC1. The molecule has 2 rings (SSSR count). The van der Waals surface area contributed by atoms with Gasteiger partial charge in [-0.15, -0.1) is 12.4 Å². The number of halogens is 1. The maximum Gasteiger partial charge on any atom is -0.00139 e. The second kappa shape index (κ2) is 5.18. The molecular formula is C12H16ClN. The normalized spacial score (nSPS) is 19.4. The van der Waals surface area contributed by atoms with Crippen LogP contribution in [0.5, 0.6) is 0 Å². The van der Waals surface area contributed by atoms with E-state index in [0.29, 0.717) is 5.92 Å². The second-order valence-electron chi connectivity index (χ2n) is 3.59. The zero-order chi connectivity index (χ0) is 9.10. The summed E-state index contributed by atoms with van der Waals surface area (Å²) in [6.45, 7) is 0.768. The maximum atomic E-state index is 5.66. The van der Waals surface area contributed by atoms with E-state index in [-0.39, 0.29) is 12.4 Å². The molecule has 0 saturated carbocycles. The summed E-state index contributed by atoms with van der Waals surface area (Å²) >= 11 is 0. The average molecular weight is 210 g/mol. The topological polar surface area (TPSA) is 26.0 Å². The van der Waals surface area contributed by atoms with Crippen molar-refractivity contribution < 1.29 is 0 Å². The number of nitrogens with two attached hydrogens (primary N) is 1. The van der Waals surface area contributed by atoms with Gasteiger partial charge in [0.15, 0.2) is 0 Å². The van der Waals surface area contributed by atoms with Crippen LogP contribution in [0.1, 0.15) is 17.5 Å². The Balaban J connectivity index is 0.000000980. The van der Waals surface area contributed by atoms with Crippen LogP contribution in [-0.2, 0) is 6.42 Å². The highest BCUT2D eigenvalue weighted by Crippen LogP contribution is 2.20. The first-order valence-electron chi connectivity index (χ1n) is 4.86. The molecule has 1 atom stereocenters. The van der Waals surface area contributed by atoms with Crippen molar-refractivity contribution in [3.8, 4) is 0 Å². The molecule has 0 amide bonds. The van der Waals surface area contributed by atoms with Crippen LogP contribution in [-0.4, -0.2) is 6.54 Å². The molecule has 0 bridgehead atoms. The molecule has 0 fully saturated rings. The van der Waals surface area contributed by atoms with Crippen molar-refractivity contribution in [2.45, 2.75) is 12.8 Å². The predicted octanol–water partition coefficient (Wildman–Crippen LogP) is 2.64. The Morgan fingerprint density at radius 2 is 2.07 bits per heavy atom. The molecule has 2 heteroatoms. The summed E-state index contributed by atoms with van der Waals surface area (Å²) in [5.41, 5.74) is 8.47. The van der Waals surface area contributed by atoms with E-state index in [2.05, 4.69) is 36.4 Å². The van der Waals surface area contributed by atoms with E-state index < -0.39 is 0 Å². The minimum absolute atomic E-state index is 0. The fourth-order valence-electron chi connectivity index (χ4n) is 1.80. The highest BCUT2D eigenvalue weighted by molar-refractivity contribution is 5.85. The molecule has 1 nitrogen and oxygen atoms in total. The number of hydrogen-bond donors (Lipinski definition) is 1. The molecule has 1 aromatic rings. The van der Waals surface area contributed by atoms with Crippen molar-refractivity contribution in [2.75, 3.05) is 6.54 Å². The Morgan fingerprint density at radius 3 is 2.86 bits per heavy atom. The Labute approximate surface area is 91.4 Å². The van der Waals surface area contributed by atoms with Crippen molar-refractivity contribution in [1.29, 1.82) is 0 Å². The quantitative estimate of drug-likeness (QED) is 0.756. The molecule has 1 aliphatic rings. The third kappa shape index (κ3) is 2.37. The molecule has 2 N–H and O–H groups in total. The molecule has 1 aromatic carbocycles. The van der Waals surface area contributed by atoms with Crippen LogP contribution in [0.15, 0.2) is 30.3 Å². The summed E-state index contributed by atoms with van der Waals surface area (Å²) in [7, 11) is 0. The van der Waals surface area contributed by atoms with Gasteiger partial charge in [0.25, 0.3) is 0 Å². The Bertz CT molecular complexity index is 320. The zero-order valence-electron chi connectivity index (χ0n) is 8.15. The van der Waals surface area contributed by atoms with Crippen molar-refractivity contribution in [1.82, 2.24) is 0 Å². The molecule has 1 aliphatic carbocycles. The molecule has 0 spiro atoms. The van der Waals surface area contributed by atoms with Crippen LogP contribution in [0, 0.1) is 5.92 Å². The zero-order valence-corrected chi connectivity index (χ0v) is 8.96. The number of rotatable bonds is 1. The van der Waals surface area contributed by atoms with Gasteiger partial charge in [-0.3, -0.25) is 0 Å². The second-order valence-corrected chi connectivity index (χ2v) is 3.59. The monoisotopic (exact) mass is 209 g/mol. The van der Waals surface area contributed by atoms with E-state index in [0.717, 1.165) is 13.0 Å². The lowest BCUT2D eigenvalue weighted by atomic mass is 10.0. The first kappa shape index (κ1) is 11.3. The van der Waals surface area contributed by atoms with Gasteiger partial charge in [0.1, 0.15) is 0 Å². The van der Waals surface area contributed by atoms with Crippen LogP contribution in [0.2, 0.25) is 0 Å². The van der Waals surface area contributed by atoms with E-state index >= 15 is 0 Å². The van der Waals surface area contributed by atoms with Gasteiger partial charge in [-0.05, 0) is 36.4 Å². The van der Waals surface area contributed by atoms with Gasteiger partial charge in [0.2, 0.25) is 0 Å². The van der Waals surface area contributed by atoms with Crippen LogP contribution < -0.4 is 5.73 Å². The summed E-state index contributed by atoms with van der Waals surface area (Å²) in [6, 6.07) is 8.57. The van der Waals surface area contributed by atoms with E-state index in [1.807, 2.05) is 0 Å². The van der Waals surface area contributed by atoms with Crippen LogP contribution in [0.25, 0.3) is 6.08 Å². The summed E-state index contributed by atoms with van der Waals surface area (Å²) < 4.78 is 0. The largest absolute Gasteiger partial charge is 0.330 e. The first-order valence-corrected chi connectivity index (χ1v) is 4.86. The summed E-state index contributed by atoms with van der Waals surface area (Å²) in [5.74, 6) is 0.562. The highest BCUT2D eigenvalue weighted by Gasteiger charge is 2.08. The van der Waals surface area contributed by atoms with Gasteiger partial charge < -0.3 is 5.73 Å². The molecule has 0 aliphatic heterocycles. The van der Waals surface area contributed by atoms with Crippen molar-refractivity contribution in [3.05, 3.63) is 41.5 Å². The standard InChI is InChI=1S/C12H15N.ClH/c13-9-10-5-7-11-3-1-2-4-12(11)8-6-10;/h1-5,7,10H,6,8-9,13H2;1H.